The van der Waals surface area contributed by atoms with E-state index in [2.05, 4.69) is 15.0 Å². The lowest BCUT2D eigenvalue weighted by Crippen LogP contribution is -2.34. The number of nitrogens with zero attached hydrogens (tertiary/aromatic N) is 4. The molecule has 0 saturated carbocycles. The molecule has 5 nitrogen and oxygen atoms in total. The smallest absolute Gasteiger partial charge is 0.254 e. The van der Waals surface area contributed by atoms with Crippen molar-refractivity contribution in [2.45, 2.75) is 26.2 Å². The molecule has 4 rings (SSSR count). The Bertz CT molecular complexity index is 1050. The maximum Gasteiger partial charge on any atom is 0.254 e. The average molecular weight is 376 g/mol. The van der Waals surface area contributed by atoms with Gasteiger partial charge >= 0.3 is 0 Å². The van der Waals surface area contributed by atoms with Gasteiger partial charge < -0.3 is 4.90 Å². The summed E-state index contributed by atoms with van der Waals surface area (Å²) >= 11 is 0. The monoisotopic (exact) mass is 376 g/mol. The number of hydrogen-bond donors (Lipinski definition) is 0. The minimum atomic E-state index is -0.252. The fraction of sp³-hybridized carbons (Fsp3) is 0.273. The number of carbonyl (C=O) groups is 1. The number of rotatable bonds is 3. The summed E-state index contributed by atoms with van der Waals surface area (Å²) in [6, 6.07) is 8.66. The molecule has 1 unspecified atom stereocenters. The number of fused-ring (bicyclic) bond motifs is 1. The third-order valence-corrected chi connectivity index (χ3v) is 5.27. The summed E-state index contributed by atoms with van der Waals surface area (Å²) in [5.41, 5.74) is 5.51. The predicted molar refractivity (Wildman–Crippen MR) is 105 cm³/mol. The van der Waals surface area contributed by atoms with Gasteiger partial charge in [-0.25, -0.2) is 14.4 Å². The van der Waals surface area contributed by atoms with Gasteiger partial charge in [0.2, 0.25) is 0 Å². The summed E-state index contributed by atoms with van der Waals surface area (Å²) in [4.78, 5) is 27.5. The van der Waals surface area contributed by atoms with Crippen LogP contribution in [0, 0.1) is 12.7 Å². The van der Waals surface area contributed by atoms with Gasteiger partial charge in [0.1, 0.15) is 12.1 Å². The summed E-state index contributed by atoms with van der Waals surface area (Å²) in [5, 5.41) is 0. The molecule has 0 saturated heterocycles. The van der Waals surface area contributed by atoms with Crippen molar-refractivity contribution in [2.75, 3.05) is 13.6 Å². The Morgan fingerprint density at radius 2 is 1.96 bits per heavy atom. The number of aromatic nitrogens is 3. The van der Waals surface area contributed by atoms with Gasteiger partial charge in [0, 0.05) is 31.3 Å². The standard InChI is InChI=1S/C22H21FN4O/c1-13-8-15(10-16(23)9-13)14(2)19-11-20(26-12-25-19)21-17-5-7-27(3)22(28)18(17)4-6-24-21/h4,6,8-12,14H,5,7H2,1-3H3. The predicted octanol–water partition coefficient (Wildman–Crippen LogP) is 3.77. The fourth-order valence-electron chi connectivity index (χ4n) is 3.68. The molecule has 6 heteroatoms. The zero-order valence-electron chi connectivity index (χ0n) is 16.1. The molecule has 2 aromatic heterocycles. The topological polar surface area (TPSA) is 59.0 Å². The number of pyridine rings is 1. The van der Waals surface area contributed by atoms with E-state index < -0.39 is 0 Å². The van der Waals surface area contributed by atoms with Crippen LogP contribution in [0.25, 0.3) is 11.4 Å². The van der Waals surface area contributed by atoms with E-state index in [-0.39, 0.29) is 17.6 Å². The van der Waals surface area contributed by atoms with E-state index in [1.807, 2.05) is 26.0 Å². The Kier molecular flexibility index (Phi) is 4.63. The van der Waals surface area contributed by atoms with E-state index in [0.29, 0.717) is 23.5 Å². The van der Waals surface area contributed by atoms with Crippen LogP contribution in [-0.4, -0.2) is 39.4 Å². The summed E-state index contributed by atoms with van der Waals surface area (Å²) in [6.45, 7) is 4.52. The van der Waals surface area contributed by atoms with Crippen molar-refractivity contribution in [1.82, 2.24) is 19.9 Å². The number of halogens is 1. The maximum atomic E-state index is 13.8. The SMILES string of the molecule is Cc1cc(F)cc(C(C)c2cc(-c3nccc4c3CCN(C)C4=O)ncn2)c1. The lowest BCUT2D eigenvalue weighted by Gasteiger charge is -2.25. The van der Waals surface area contributed by atoms with Crippen molar-refractivity contribution in [1.29, 1.82) is 0 Å². The Hall–Kier alpha value is -3.15. The van der Waals surface area contributed by atoms with Gasteiger partial charge in [-0.3, -0.25) is 9.78 Å². The normalized spacial score (nSPS) is 14.7. The molecule has 3 aromatic rings. The van der Waals surface area contributed by atoms with E-state index in [1.165, 1.54) is 18.5 Å². The van der Waals surface area contributed by atoms with E-state index in [4.69, 9.17) is 0 Å². The molecule has 0 spiro atoms. The van der Waals surface area contributed by atoms with Crippen LogP contribution in [0.15, 0.2) is 42.9 Å². The van der Waals surface area contributed by atoms with E-state index in [9.17, 15) is 9.18 Å². The third-order valence-electron chi connectivity index (χ3n) is 5.27. The molecule has 1 aliphatic rings. The third kappa shape index (κ3) is 3.26. The maximum absolute atomic E-state index is 13.8. The first-order valence-corrected chi connectivity index (χ1v) is 9.27. The molecular formula is C22H21FN4O. The van der Waals surface area contributed by atoms with Crippen molar-refractivity contribution in [2.24, 2.45) is 0 Å². The number of carbonyl (C=O) groups excluding carboxylic acids is 1. The van der Waals surface area contributed by atoms with E-state index in [1.54, 1.807) is 24.2 Å². The minimum absolute atomic E-state index is 0.00258. The number of benzene rings is 1. The van der Waals surface area contributed by atoms with Crippen LogP contribution in [-0.2, 0) is 6.42 Å². The Morgan fingerprint density at radius 3 is 2.75 bits per heavy atom. The minimum Gasteiger partial charge on any atom is -0.341 e. The molecule has 28 heavy (non-hydrogen) atoms. The quantitative estimate of drug-likeness (QED) is 0.698. The van der Waals surface area contributed by atoms with E-state index in [0.717, 1.165) is 28.8 Å². The van der Waals surface area contributed by atoms with Crippen LogP contribution >= 0.6 is 0 Å². The summed E-state index contributed by atoms with van der Waals surface area (Å²) < 4.78 is 13.8. The van der Waals surface area contributed by atoms with Crippen molar-refractivity contribution in [3.05, 3.63) is 76.6 Å². The molecule has 0 bridgehead atoms. The lowest BCUT2D eigenvalue weighted by molar-refractivity contribution is 0.0781. The highest BCUT2D eigenvalue weighted by Gasteiger charge is 2.25. The average Bonchev–Trinajstić information content (AvgIpc) is 2.69. The molecule has 0 radical (unpaired) electrons. The molecule has 142 valence electrons. The fourth-order valence-corrected chi connectivity index (χ4v) is 3.68. The van der Waals surface area contributed by atoms with Gasteiger partial charge in [0.15, 0.2) is 0 Å². The Morgan fingerprint density at radius 1 is 1.14 bits per heavy atom. The highest BCUT2D eigenvalue weighted by atomic mass is 19.1. The van der Waals surface area contributed by atoms with Gasteiger partial charge in [0.25, 0.3) is 5.91 Å². The van der Waals surface area contributed by atoms with Crippen LogP contribution in [0.3, 0.4) is 0 Å². The van der Waals surface area contributed by atoms with Gasteiger partial charge in [-0.1, -0.05) is 13.0 Å². The highest BCUT2D eigenvalue weighted by molar-refractivity contribution is 5.98. The summed E-state index contributed by atoms with van der Waals surface area (Å²) in [5.74, 6) is -0.344. The largest absolute Gasteiger partial charge is 0.341 e. The molecule has 1 amide bonds. The summed E-state index contributed by atoms with van der Waals surface area (Å²) in [6.07, 6.45) is 3.89. The second kappa shape index (κ2) is 7.11. The van der Waals surface area contributed by atoms with Crippen LogP contribution in [0.2, 0.25) is 0 Å². The second-order valence-corrected chi connectivity index (χ2v) is 7.27. The second-order valence-electron chi connectivity index (χ2n) is 7.27. The zero-order chi connectivity index (χ0) is 19.8. The highest BCUT2D eigenvalue weighted by Crippen LogP contribution is 2.30. The molecule has 0 fully saturated rings. The lowest BCUT2D eigenvalue weighted by atomic mass is 9.93. The molecule has 0 aliphatic carbocycles. The first-order chi connectivity index (χ1) is 13.4. The Labute approximate surface area is 163 Å². The number of aryl methyl sites for hydroxylation is 1. The number of hydrogen-bond acceptors (Lipinski definition) is 4. The van der Waals surface area contributed by atoms with Crippen LogP contribution < -0.4 is 0 Å². The number of likely N-dealkylation sites (N-methyl/N-ethyl adjacent to an activating group) is 1. The first kappa shape index (κ1) is 18.2. The van der Waals surface area contributed by atoms with Gasteiger partial charge in [0.05, 0.1) is 17.1 Å². The number of amides is 1. The molecule has 1 aromatic carbocycles. The van der Waals surface area contributed by atoms with E-state index >= 15 is 0 Å². The van der Waals surface area contributed by atoms with Gasteiger partial charge in [-0.15, -0.1) is 0 Å². The zero-order valence-corrected chi connectivity index (χ0v) is 16.1. The van der Waals surface area contributed by atoms with Crippen molar-refractivity contribution < 1.29 is 9.18 Å². The van der Waals surface area contributed by atoms with Crippen LogP contribution in [0.4, 0.5) is 4.39 Å². The van der Waals surface area contributed by atoms with Crippen LogP contribution in [0.5, 0.6) is 0 Å². The van der Waals surface area contributed by atoms with Crippen molar-refractivity contribution >= 4 is 5.91 Å². The summed E-state index contributed by atoms with van der Waals surface area (Å²) in [7, 11) is 1.80. The molecule has 3 heterocycles. The van der Waals surface area contributed by atoms with Gasteiger partial charge in [-0.05, 0) is 54.3 Å². The van der Waals surface area contributed by atoms with Crippen LogP contribution in [0.1, 0.15) is 45.6 Å². The van der Waals surface area contributed by atoms with Gasteiger partial charge in [-0.2, -0.15) is 0 Å². The van der Waals surface area contributed by atoms with Crippen molar-refractivity contribution in [3.63, 3.8) is 0 Å². The first-order valence-electron chi connectivity index (χ1n) is 9.27. The molecule has 0 N–H and O–H groups in total. The van der Waals surface area contributed by atoms with Crippen molar-refractivity contribution in [3.8, 4) is 11.4 Å². The molecule has 1 atom stereocenters. The molecular weight excluding hydrogens is 355 g/mol. The molecule has 1 aliphatic heterocycles. The Balaban J connectivity index is 1.75.